The Kier molecular flexibility index (Phi) is 5.12. The Morgan fingerprint density at radius 1 is 1.21 bits per heavy atom. The van der Waals surface area contributed by atoms with Gasteiger partial charge in [-0.1, -0.05) is 18.2 Å². The lowest BCUT2D eigenvalue weighted by molar-refractivity contribution is 0.0589. The molecule has 0 aromatic heterocycles. The summed E-state index contributed by atoms with van der Waals surface area (Å²) < 4.78 is 18.5. The van der Waals surface area contributed by atoms with Crippen LogP contribution in [-0.2, 0) is 11.2 Å². The van der Waals surface area contributed by atoms with Crippen LogP contribution >= 0.6 is 0 Å². The normalized spacial score (nSPS) is 11.2. The van der Waals surface area contributed by atoms with Crippen molar-refractivity contribution in [3.8, 4) is 0 Å². The fourth-order valence-corrected chi connectivity index (χ4v) is 2.26. The van der Waals surface area contributed by atoms with Crippen molar-refractivity contribution < 1.29 is 13.9 Å². The third kappa shape index (κ3) is 4.72. The maximum absolute atomic E-state index is 13.1. The molecule has 0 fully saturated rings. The first-order valence-electron chi connectivity index (χ1n) is 7.75. The highest BCUT2D eigenvalue weighted by atomic mass is 19.1. The largest absolute Gasteiger partial charge is 0.443 e. The van der Waals surface area contributed by atoms with E-state index in [0.29, 0.717) is 12.1 Å². The number of benzene rings is 2. The van der Waals surface area contributed by atoms with Crippen molar-refractivity contribution in [2.45, 2.75) is 32.8 Å². The SMILES string of the molecule is CN(C(=O)OC(C)(C)C)c1cccc(Cc2ccc(F)cc2N)c1. The first-order chi connectivity index (χ1) is 11.2. The summed E-state index contributed by atoms with van der Waals surface area (Å²) in [6.45, 7) is 5.48. The summed E-state index contributed by atoms with van der Waals surface area (Å²) in [6.07, 6.45) is 0.142. The van der Waals surface area contributed by atoms with Crippen LogP contribution in [0.2, 0.25) is 0 Å². The average molecular weight is 330 g/mol. The molecule has 2 N–H and O–H groups in total. The monoisotopic (exact) mass is 330 g/mol. The van der Waals surface area contributed by atoms with Gasteiger partial charge in [0.1, 0.15) is 11.4 Å². The minimum Gasteiger partial charge on any atom is -0.443 e. The van der Waals surface area contributed by atoms with Crippen LogP contribution in [-0.4, -0.2) is 18.7 Å². The quantitative estimate of drug-likeness (QED) is 0.850. The number of hydrogen-bond donors (Lipinski definition) is 1. The predicted molar refractivity (Wildman–Crippen MR) is 94.7 cm³/mol. The number of ether oxygens (including phenoxy) is 1. The van der Waals surface area contributed by atoms with Crippen molar-refractivity contribution >= 4 is 17.5 Å². The number of rotatable bonds is 3. The minimum atomic E-state index is -0.550. The molecule has 2 rings (SSSR count). The van der Waals surface area contributed by atoms with Crippen LogP contribution in [0.25, 0.3) is 0 Å². The zero-order valence-electron chi connectivity index (χ0n) is 14.5. The van der Waals surface area contributed by atoms with Crippen LogP contribution in [0.4, 0.5) is 20.6 Å². The van der Waals surface area contributed by atoms with Crippen LogP contribution in [0.5, 0.6) is 0 Å². The summed E-state index contributed by atoms with van der Waals surface area (Å²) in [7, 11) is 1.67. The van der Waals surface area contributed by atoms with Crippen molar-refractivity contribution in [3.63, 3.8) is 0 Å². The molecule has 5 heteroatoms. The van der Waals surface area contributed by atoms with Crippen molar-refractivity contribution in [2.24, 2.45) is 0 Å². The summed E-state index contributed by atoms with van der Waals surface area (Å²) in [4.78, 5) is 13.6. The van der Waals surface area contributed by atoms with E-state index in [1.807, 2.05) is 45.0 Å². The van der Waals surface area contributed by atoms with Crippen molar-refractivity contribution in [2.75, 3.05) is 17.7 Å². The molecule has 0 bridgehead atoms. The highest BCUT2D eigenvalue weighted by Crippen LogP contribution is 2.22. The Labute approximate surface area is 142 Å². The smallest absolute Gasteiger partial charge is 0.414 e. The number of carbonyl (C=O) groups excluding carboxylic acids is 1. The minimum absolute atomic E-state index is 0.352. The van der Waals surface area contributed by atoms with Gasteiger partial charge < -0.3 is 10.5 Å². The standard InChI is InChI=1S/C19H23FN2O2/c1-19(2,3)24-18(23)22(4)16-7-5-6-13(11-16)10-14-8-9-15(20)12-17(14)21/h5-9,11-12H,10,21H2,1-4H3. The summed E-state index contributed by atoms with van der Waals surface area (Å²) in [5.74, 6) is -0.352. The molecular formula is C19H23FN2O2. The number of nitrogen functional groups attached to an aromatic ring is 1. The first-order valence-corrected chi connectivity index (χ1v) is 7.75. The van der Waals surface area contributed by atoms with Gasteiger partial charge in [0.05, 0.1) is 0 Å². The third-order valence-electron chi connectivity index (χ3n) is 3.47. The molecule has 0 aliphatic heterocycles. The van der Waals surface area contributed by atoms with E-state index in [1.54, 1.807) is 13.1 Å². The van der Waals surface area contributed by atoms with Gasteiger partial charge in [0.25, 0.3) is 0 Å². The molecule has 0 atom stereocenters. The molecule has 0 saturated carbocycles. The molecule has 0 spiro atoms. The van der Waals surface area contributed by atoms with Gasteiger partial charge in [0.15, 0.2) is 0 Å². The molecule has 4 nitrogen and oxygen atoms in total. The average Bonchev–Trinajstić information content (AvgIpc) is 2.48. The lowest BCUT2D eigenvalue weighted by Gasteiger charge is -2.25. The fraction of sp³-hybridized carbons (Fsp3) is 0.316. The number of carbonyl (C=O) groups is 1. The van der Waals surface area contributed by atoms with Gasteiger partial charge in [-0.05, 0) is 62.6 Å². The van der Waals surface area contributed by atoms with Crippen molar-refractivity contribution in [3.05, 3.63) is 59.4 Å². The zero-order chi connectivity index (χ0) is 17.9. The van der Waals surface area contributed by atoms with Crippen molar-refractivity contribution in [1.82, 2.24) is 0 Å². The molecule has 2 aromatic rings. The number of nitrogens with two attached hydrogens (primary N) is 1. The molecule has 0 aliphatic rings. The highest BCUT2D eigenvalue weighted by Gasteiger charge is 2.20. The summed E-state index contributed by atoms with van der Waals surface area (Å²) in [5.41, 5.74) is 8.27. The van der Waals surface area contributed by atoms with E-state index in [9.17, 15) is 9.18 Å². The summed E-state index contributed by atoms with van der Waals surface area (Å²) in [6, 6.07) is 11.9. The number of amides is 1. The fourth-order valence-electron chi connectivity index (χ4n) is 2.26. The Hall–Kier alpha value is -2.56. The maximum atomic E-state index is 13.1. The van der Waals surface area contributed by atoms with E-state index in [-0.39, 0.29) is 5.82 Å². The van der Waals surface area contributed by atoms with E-state index in [4.69, 9.17) is 10.5 Å². The van der Waals surface area contributed by atoms with Gasteiger partial charge in [0.2, 0.25) is 0 Å². The Balaban J connectivity index is 2.18. The Bertz CT molecular complexity index is 738. The predicted octanol–water partition coefficient (Wildman–Crippen LogP) is 4.37. The van der Waals surface area contributed by atoms with Gasteiger partial charge in [-0.3, -0.25) is 4.90 Å². The number of anilines is 2. The zero-order valence-corrected chi connectivity index (χ0v) is 14.5. The van der Waals surface area contributed by atoms with Gasteiger partial charge in [0, 0.05) is 18.4 Å². The topological polar surface area (TPSA) is 55.6 Å². The third-order valence-corrected chi connectivity index (χ3v) is 3.47. The number of hydrogen-bond acceptors (Lipinski definition) is 3. The van der Waals surface area contributed by atoms with Gasteiger partial charge >= 0.3 is 6.09 Å². The molecule has 0 heterocycles. The Morgan fingerprint density at radius 2 is 1.92 bits per heavy atom. The molecule has 0 aliphatic carbocycles. The van der Waals surface area contributed by atoms with Crippen LogP contribution in [0.15, 0.2) is 42.5 Å². The van der Waals surface area contributed by atoms with Crippen LogP contribution in [0.1, 0.15) is 31.9 Å². The van der Waals surface area contributed by atoms with E-state index in [1.165, 1.54) is 17.0 Å². The second-order valence-electron chi connectivity index (χ2n) is 6.73. The summed E-state index contributed by atoms with van der Waals surface area (Å²) >= 11 is 0. The molecule has 0 saturated heterocycles. The van der Waals surface area contributed by atoms with E-state index in [0.717, 1.165) is 16.8 Å². The second-order valence-corrected chi connectivity index (χ2v) is 6.73. The molecule has 0 unspecified atom stereocenters. The number of nitrogens with zero attached hydrogens (tertiary/aromatic N) is 1. The highest BCUT2D eigenvalue weighted by molar-refractivity contribution is 5.87. The molecule has 2 aromatic carbocycles. The van der Waals surface area contributed by atoms with Crippen LogP contribution in [0, 0.1) is 5.82 Å². The lowest BCUT2D eigenvalue weighted by Crippen LogP contribution is -2.34. The molecule has 0 radical (unpaired) electrons. The molecule has 24 heavy (non-hydrogen) atoms. The van der Waals surface area contributed by atoms with Crippen LogP contribution < -0.4 is 10.6 Å². The second kappa shape index (κ2) is 6.91. The van der Waals surface area contributed by atoms with E-state index < -0.39 is 11.7 Å². The molecule has 1 amide bonds. The van der Waals surface area contributed by atoms with Gasteiger partial charge in [-0.25, -0.2) is 9.18 Å². The Morgan fingerprint density at radius 3 is 2.54 bits per heavy atom. The molecule has 128 valence electrons. The lowest BCUT2D eigenvalue weighted by atomic mass is 10.0. The van der Waals surface area contributed by atoms with E-state index in [2.05, 4.69) is 0 Å². The van der Waals surface area contributed by atoms with Gasteiger partial charge in [-0.15, -0.1) is 0 Å². The van der Waals surface area contributed by atoms with Gasteiger partial charge in [-0.2, -0.15) is 0 Å². The summed E-state index contributed by atoms with van der Waals surface area (Å²) in [5, 5.41) is 0. The first kappa shape index (κ1) is 17.8. The van der Waals surface area contributed by atoms with Crippen LogP contribution in [0.3, 0.4) is 0 Å². The molecular weight excluding hydrogens is 307 g/mol. The van der Waals surface area contributed by atoms with E-state index >= 15 is 0 Å². The maximum Gasteiger partial charge on any atom is 0.414 e. The van der Waals surface area contributed by atoms with Crippen molar-refractivity contribution in [1.29, 1.82) is 0 Å². The number of halogens is 1.